The predicted octanol–water partition coefficient (Wildman–Crippen LogP) is 0.594. The van der Waals surface area contributed by atoms with Crippen molar-refractivity contribution in [1.82, 2.24) is 0 Å². The second-order valence-electron chi connectivity index (χ2n) is 4.36. The number of carbonyl (C=O) groups is 1. The van der Waals surface area contributed by atoms with E-state index in [0.717, 1.165) is 19.3 Å². The maximum atomic E-state index is 11.1. The third-order valence-electron chi connectivity index (χ3n) is 3.21. The highest BCUT2D eigenvalue weighted by Crippen LogP contribution is 2.31. The van der Waals surface area contributed by atoms with Crippen molar-refractivity contribution < 1.29 is 24.1 Å². The summed E-state index contributed by atoms with van der Waals surface area (Å²) in [6.07, 6.45) is 2.86. The Morgan fingerprint density at radius 1 is 1.25 bits per heavy atom. The third-order valence-corrected chi connectivity index (χ3v) is 3.21. The Bertz CT molecular complexity index is 255. The highest BCUT2D eigenvalue weighted by Gasteiger charge is 2.37. The van der Waals surface area contributed by atoms with Crippen LogP contribution >= 0.6 is 0 Å². The second kappa shape index (κ2) is 5.12. The van der Waals surface area contributed by atoms with Crippen LogP contribution in [0.3, 0.4) is 0 Å². The Labute approximate surface area is 94.7 Å². The number of ether oxygens (including phenoxy) is 3. The van der Waals surface area contributed by atoms with Crippen molar-refractivity contribution in [3.8, 4) is 0 Å². The molecule has 5 heteroatoms. The van der Waals surface area contributed by atoms with Gasteiger partial charge in [0.05, 0.1) is 31.8 Å². The van der Waals surface area contributed by atoms with E-state index in [1.807, 2.05) is 0 Å². The van der Waals surface area contributed by atoms with Gasteiger partial charge in [0.1, 0.15) is 0 Å². The van der Waals surface area contributed by atoms with Gasteiger partial charge in [0.25, 0.3) is 0 Å². The zero-order valence-corrected chi connectivity index (χ0v) is 9.43. The van der Waals surface area contributed by atoms with Crippen molar-refractivity contribution in [3.05, 3.63) is 0 Å². The van der Waals surface area contributed by atoms with E-state index in [2.05, 4.69) is 4.74 Å². The number of rotatable bonds is 3. The van der Waals surface area contributed by atoms with Crippen molar-refractivity contribution in [2.75, 3.05) is 7.11 Å². The number of aliphatic hydroxyl groups excluding tert-OH is 1. The molecule has 0 aromatic heterocycles. The minimum Gasteiger partial charge on any atom is -0.469 e. The van der Waals surface area contributed by atoms with Crippen molar-refractivity contribution >= 4 is 5.97 Å². The van der Waals surface area contributed by atoms with Gasteiger partial charge in [-0.2, -0.15) is 0 Å². The molecule has 0 bridgehead atoms. The Balaban J connectivity index is 1.77. The molecule has 4 atom stereocenters. The number of methoxy groups -OCH3 is 1. The van der Waals surface area contributed by atoms with Crippen molar-refractivity contribution in [2.45, 2.75) is 56.7 Å². The van der Waals surface area contributed by atoms with Gasteiger partial charge >= 0.3 is 5.97 Å². The summed E-state index contributed by atoms with van der Waals surface area (Å²) >= 11 is 0. The van der Waals surface area contributed by atoms with Gasteiger partial charge in [0.2, 0.25) is 0 Å². The van der Waals surface area contributed by atoms with Crippen molar-refractivity contribution in [3.63, 3.8) is 0 Å². The quantitative estimate of drug-likeness (QED) is 0.719. The van der Waals surface area contributed by atoms with E-state index in [-0.39, 0.29) is 24.3 Å². The third kappa shape index (κ3) is 2.72. The standard InChI is InChI=1S/C11H18O5/c1-14-11(13)6-7-2-3-8(15-7)9-4-5-10(12)16-9/h7-10,12H,2-6H2,1H3/t7-,8+,9-,10-/m0/s1. The molecule has 0 spiro atoms. The molecule has 92 valence electrons. The Hall–Kier alpha value is -0.650. The Morgan fingerprint density at radius 3 is 2.56 bits per heavy atom. The molecule has 2 aliphatic heterocycles. The van der Waals surface area contributed by atoms with Crippen LogP contribution in [0, 0.1) is 0 Å². The molecule has 0 aliphatic carbocycles. The molecular formula is C11H18O5. The molecule has 16 heavy (non-hydrogen) atoms. The summed E-state index contributed by atoms with van der Waals surface area (Å²) < 4.78 is 15.7. The first-order valence-electron chi connectivity index (χ1n) is 5.75. The van der Waals surface area contributed by atoms with E-state index < -0.39 is 6.29 Å². The van der Waals surface area contributed by atoms with Crippen LogP contribution in [0.15, 0.2) is 0 Å². The predicted molar refractivity (Wildman–Crippen MR) is 54.6 cm³/mol. The molecule has 1 N–H and O–H groups in total. The Morgan fingerprint density at radius 2 is 1.94 bits per heavy atom. The average molecular weight is 230 g/mol. The molecule has 2 saturated heterocycles. The molecule has 0 aromatic carbocycles. The summed E-state index contributed by atoms with van der Waals surface area (Å²) in [7, 11) is 1.38. The monoisotopic (exact) mass is 230 g/mol. The topological polar surface area (TPSA) is 65.0 Å². The molecule has 2 fully saturated rings. The smallest absolute Gasteiger partial charge is 0.308 e. The van der Waals surface area contributed by atoms with Crippen LogP contribution in [0.25, 0.3) is 0 Å². The molecule has 0 saturated carbocycles. The van der Waals surface area contributed by atoms with Crippen LogP contribution in [-0.2, 0) is 19.0 Å². The van der Waals surface area contributed by atoms with E-state index in [1.54, 1.807) is 0 Å². The van der Waals surface area contributed by atoms with Gasteiger partial charge in [-0.3, -0.25) is 4.79 Å². The normalized spacial score (nSPS) is 38.9. The van der Waals surface area contributed by atoms with Crippen molar-refractivity contribution in [1.29, 1.82) is 0 Å². The molecule has 0 unspecified atom stereocenters. The number of hydrogen-bond donors (Lipinski definition) is 1. The summed E-state index contributed by atoms with van der Waals surface area (Å²) in [6, 6.07) is 0. The molecule has 2 aliphatic rings. The molecule has 2 heterocycles. The maximum absolute atomic E-state index is 11.1. The Kier molecular flexibility index (Phi) is 3.78. The van der Waals surface area contributed by atoms with Crippen LogP contribution in [-0.4, -0.2) is 42.8 Å². The highest BCUT2D eigenvalue weighted by atomic mass is 16.6. The zero-order chi connectivity index (χ0) is 11.5. The highest BCUT2D eigenvalue weighted by molar-refractivity contribution is 5.69. The molecule has 0 amide bonds. The lowest BCUT2D eigenvalue weighted by Gasteiger charge is -2.19. The van der Waals surface area contributed by atoms with Gasteiger partial charge in [-0.1, -0.05) is 0 Å². The minimum atomic E-state index is -0.645. The van der Waals surface area contributed by atoms with Crippen LogP contribution in [0.4, 0.5) is 0 Å². The molecular weight excluding hydrogens is 212 g/mol. The van der Waals surface area contributed by atoms with E-state index >= 15 is 0 Å². The first kappa shape index (κ1) is 11.8. The summed E-state index contributed by atoms with van der Waals surface area (Å²) in [5, 5.41) is 9.26. The van der Waals surface area contributed by atoms with E-state index in [9.17, 15) is 9.90 Å². The van der Waals surface area contributed by atoms with E-state index in [0.29, 0.717) is 12.8 Å². The number of esters is 1. The van der Waals surface area contributed by atoms with Crippen LogP contribution in [0.1, 0.15) is 32.1 Å². The largest absolute Gasteiger partial charge is 0.469 e. The number of hydrogen-bond acceptors (Lipinski definition) is 5. The average Bonchev–Trinajstić information content (AvgIpc) is 2.87. The fourth-order valence-electron chi connectivity index (χ4n) is 2.34. The summed E-state index contributed by atoms with van der Waals surface area (Å²) in [5.74, 6) is -0.238. The summed E-state index contributed by atoms with van der Waals surface area (Å²) in [4.78, 5) is 11.1. The first-order valence-corrected chi connectivity index (χ1v) is 5.75. The van der Waals surface area contributed by atoms with Gasteiger partial charge in [0.15, 0.2) is 6.29 Å². The number of aliphatic hydroxyl groups is 1. The minimum absolute atomic E-state index is 0.0161. The molecule has 5 nitrogen and oxygen atoms in total. The lowest BCUT2D eigenvalue weighted by Crippen LogP contribution is -2.27. The van der Waals surface area contributed by atoms with Gasteiger partial charge in [-0.15, -0.1) is 0 Å². The van der Waals surface area contributed by atoms with Crippen LogP contribution < -0.4 is 0 Å². The summed E-state index contributed by atoms with van der Waals surface area (Å²) in [5.41, 5.74) is 0. The number of carbonyl (C=O) groups excluding carboxylic acids is 1. The van der Waals surface area contributed by atoms with Gasteiger partial charge < -0.3 is 19.3 Å². The maximum Gasteiger partial charge on any atom is 0.308 e. The fourth-order valence-corrected chi connectivity index (χ4v) is 2.34. The van der Waals surface area contributed by atoms with Crippen LogP contribution in [0.2, 0.25) is 0 Å². The molecule has 0 aromatic rings. The van der Waals surface area contributed by atoms with E-state index in [1.165, 1.54) is 7.11 Å². The van der Waals surface area contributed by atoms with Crippen LogP contribution in [0.5, 0.6) is 0 Å². The fraction of sp³-hybridized carbons (Fsp3) is 0.909. The van der Waals surface area contributed by atoms with Crippen molar-refractivity contribution in [2.24, 2.45) is 0 Å². The molecule has 0 radical (unpaired) electrons. The van der Waals surface area contributed by atoms with Gasteiger partial charge in [0, 0.05) is 6.42 Å². The van der Waals surface area contributed by atoms with Gasteiger partial charge in [-0.25, -0.2) is 0 Å². The summed E-state index contributed by atoms with van der Waals surface area (Å²) in [6.45, 7) is 0. The zero-order valence-electron chi connectivity index (χ0n) is 9.43. The SMILES string of the molecule is COC(=O)C[C@@H]1CC[C@H]([C@@H]2CC[C@@H](O)O2)O1. The lowest BCUT2D eigenvalue weighted by atomic mass is 10.1. The second-order valence-corrected chi connectivity index (χ2v) is 4.36. The molecule has 2 rings (SSSR count). The first-order chi connectivity index (χ1) is 7.69. The van der Waals surface area contributed by atoms with Gasteiger partial charge in [-0.05, 0) is 19.3 Å². The lowest BCUT2D eigenvalue weighted by molar-refractivity contribution is -0.148. The van der Waals surface area contributed by atoms with E-state index in [4.69, 9.17) is 9.47 Å².